The van der Waals surface area contributed by atoms with Crippen LogP contribution < -0.4 is 0 Å². The fourth-order valence-corrected chi connectivity index (χ4v) is 1.19. The van der Waals surface area contributed by atoms with Gasteiger partial charge in [-0.05, 0) is 19.1 Å². The molecule has 70 valence electrons. The van der Waals surface area contributed by atoms with E-state index in [1.54, 1.807) is 12.1 Å². The molecule has 13 heavy (non-hydrogen) atoms. The Morgan fingerprint density at radius 3 is 1.85 bits per heavy atom. The SMILES string of the molecule is Cc1ccc(S(=O)(=O)O)cc1.O.[Zn]. The van der Waals surface area contributed by atoms with Crippen molar-refractivity contribution in [3.05, 3.63) is 29.8 Å². The van der Waals surface area contributed by atoms with Crippen molar-refractivity contribution in [3.8, 4) is 0 Å². The summed E-state index contributed by atoms with van der Waals surface area (Å²) in [6.45, 7) is 1.84. The van der Waals surface area contributed by atoms with Crippen LogP contribution in [0.25, 0.3) is 0 Å². The minimum Gasteiger partial charge on any atom is -0.412 e. The first kappa shape index (κ1) is 15.2. The molecule has 1 aromatic carbocycles. The van der Waals surface area contributed by atoms with Crippen LogP contribution in [-0.2, 0) is 29.6 Å². The second-order valence-corrected chi connectivity index (χ2v) is 3.71. The van der Waals surface area contributed by atoms with E-state index in [4.69, 9.17) is 4.55 Å². The minimum absolute atomic E-state index is 0. The molecule has 0 fully saturated rings. The second-order valence-electron chi connectivity index (χ2n) is 2.29. The molecule has 0 aliphatic carbocycles. The molecule has 0 amide bonds. The Bertz CT molecular complexity index is 343. The maximum absolute atomic E-state index is 10.5. The summed E-state index contributed by atoms with van der Waals surface area (Å²) in [5.74, 6) is 0. The summed E-state index contributed by atoms with van der Waals surface area (Å²) in [6.07, 6.45) is 0. The molecule has 3 N–H and O–H groups in total. The monoisotopic (exact) mass is 254 g/mol. The molecule has 0 aliphatic heterocycles. The third-order valence-electron chi connectivity index (χ3n) is 1.32. The smallest absolute Gasteiger partial charge is 0.294 e. The largest absolute Gasteiger partial charge is 0.412 e. The molecular weight excluding hydrogens is 246 g/mol. The van der Waals surface area contributed by atoms with Crippen LogP contribution >= 0.6 is 0 Å². The zero-order chi connectivity index (χ0) is 8.48. The van der Waals surface area contributed by atoms with E-state index in [0.717, 1.165) is 5.56 Å². The topological polar surface area (TPSA) is 85.9 Å². The van der Waals surface area contributed by atoms with Gasteiger partial charge in [-0.25, -0.2) is 0 Å². The molecule has 0 atom stereocenters. The molecule has 0 aromatic heterocycles. The van der Waals surface area contributed by atoms with Gasteiger partial charge in [0.05, 0.1) is 4.90 Å². The summed E-state index contributed by atoms with van der Waals surface area (Å²) in [6, 6.07) is 5.99. The van der Waals surface area contributed by atoms with Crippen LogP contribution in [0, 0.1) is 6.92 Å². The van der Waals surface area contributed by atoms with Crippen LogP contribution in [0.4, 0.5) is 0 Å². The number of benzene rings is 1. The van der Waals surface area contributed by atoms with E-state index in [0.29, 0.717) is 0 Å². The molecule has 0 saturated heterocycles. The van der Waals surface area contributed by atoms with Crippen molar-refractivity contribution in [2.45, 2.75) is 11.8 Å². The van der Waals surface area contributed by atoms with Crippen molar-refractivity contribution in [1.82, 2.24) is 0 Å². The Morgan fingerprint density at radius 1 is 1.15 bits per heavy atom. The van der Waals surface area contributed by atoms with Crippen LogP contribution in [0.2, 0.25) is 0 Å². The summed E-state index contributed by atoms with van der Waals surface area (Å²) in [5, 5.41) is 0. The molecule has 0 unspecified atom stereocenters. The molecule has 4 nitrogen and oxygen atoms in total. The fourth-order valence-electron chi connectivity index (χ4n) is 0.710. The molecule has 0 aliphatic rings. The van der Waals surface area contributed by atoms with Crippen molar-refractivity contribution in [2.75, 3.05) is 0 Å². The van der Waals surface area contributed by atoms with Crippen molar-refractivity contribution >= 4 is 10.1 Å². The van der Waals surface area contributed by atoms with Gasteiger partial charge < -0.3 is 5.48 Å². The Balaban J connectivity index is 0. The maximum Gasteiger partial charge on any atom is 0.294 e. The maximum atomic E-state index is 10.5. The van der Waals surface area contributed by atoms with Crippen molar-refractivity contribution in [2.24, 2.45) is 0 Å². The van der Waals surface area contributed by atoms with Gasteiger partial charge in [0.1, 0.15) is 0 Å². The summed E-state index contributed by atoms with van der Waals surface area (Å²) < 4.78 is 29.6. The quantitative estimate of drug-likeness (QED) is 0.583. The normalized spacial score (nSPS) is 9.69. The van der Waals surface area contributed by atoms with E-state index in [2.05, 4.69) is 0 Å². The van der Waals surface area contributed by atoms with Gasteiger partial charge in [0, 0.05) is 19.5 Å². The molecule has 0 saturated carbocycles. The zero-order valence-corrected chi connectivity index (χ0v) is 11.0. The average molecular weight is 256 g/mol. The molecule has 0 heterocycles. The van der Waals surface area contributed by atoms with Gasteiger partial charge in [-0.3, -0.25) is 4.55 Å². The predicted octanol–water partition coefficient (Wildman–Crippen LogP) is 0.415. The summed E-state index contributed by atoms with van der Waals surface area (Å²) in [5.41, 5.74) is 0.956. The first-order chi connectivity index (χ1) is 5.00. The summed E-state index contributed by atoms with van der Waals surface area (Å²) >= 11 is 0. The first-order valence-electron chi connectivity index (χ1n) is 3.04. The molecule has 0 radical (unpaired) electrons. The number of aryl methyl sites for hydroxylation is 1. The Labute approximate surface area is 89.8 Å². The average Bonchev–Trinajstić information content (AvgIpc) is 1.86. The third-order valence-corrected chi connectivity index (χ3v) is 2.19. The van der Waals surface area contributed by atoms with Gasteiger partial charge in [-0.1, -0.05) is 17.7 Å². The Hall–Kier alpha value is -0.287. The van der Waals surface area contributed by atoms with E-state index >= 15 is 0 Å². The number of hydrogen-bond acceptors (Lipinski definition) is 2. The van der Waals surface area contributed by atoms with Crippen LogP contribution in [-0.4, -0.2) is 18.4 Å². The minimum atomic E-state index is -4.02. The number of rotatable bonds is 1. The van der Waals surface area contributed by atoms with Gasteiger partial charge in [-0.15, -0.1) is 0 Å². The van der Waals surface area contributed by atoms with E-state index < -0.39 is 10.1 Å². The third kappa shape index (κ3) is 4.48. The molecule has 1 aromatic rings. The standard InChI is InChI=1S/C7H8O3S.H2O.Zn/c1-6-2-4-7(5-3-6)11(8,9)10;;/h2-5H,1H3,(H,8,9,10);1H2;. The molecular formula is C7H10O4SZn. The van der Waals surface area contributed by atoms with E-state index in [1.807, 2.05) is 6.92 Å². The molecule has 0 bridgehead atoms. The van der Waals surface area contributed by atoms with Gasteiger partial charge in [-0.2, -0.15) is 8.42 Å². The molecule has 6 heteroatoms. The summed E-state index contributed by atoms with van der Waals surface area (Å²) in [4.78, 5) is -0.0666. The summed E-state index contributed by atoms with van der Waals surface area (Å²) in [7, 11) is -4.02. The van der Waals surface area contributed by atoms with Crippen LogP contribution in [0.1, 0.15) is 5.56 Å². The zero-order valence-electron chi connectivity index (χ0n) is 7.19. The van der Waals surface area contributed by atoms with E-state index in [1.165, 1.54) is 12.1 Å². The van der Waals surface area contributed by atoms with Gasteiger partial charge in [0.25, 0.3) is 10.1 Å². The molecule has 0 spiro atoms. The van der Waals surface area contributed by atoms with Crippen molar-refractivity contribution in [3.63, 3.8) is 0 Å². The van der Waals surface area contributed by atoms with E-state index in [-0.39, 0.29) is 29.8 Å². The number of hydrogen-bond donors (Lipinski definition) is 1. The van der Waals surface area contributed by atoms with Crippen LogP contribution in [0.5, 0.6) is 0 Å². The van der Waals surface area contributed by atoms with Crippen molar-refractivity contribution in [1.29, 1.82) is 0 Å². The second kappa shape index (κ2) is 5.44. The van der Waals surface area contributed by atoms with Crippen molar-refractivity contribution < 1.29 is 37.9 Å². The van der Waals surface area contributed by atoms with Gasteiger partial charge in [0.15, 0.2) is 0 Å². The van der Waals surface area contributed by atoms with E-state index in [9.17, 15) is 8.42 Å². The molecule has 1 rings (SSSR count). The first-order valence-corrected chi connectivity index (χ1v) is 4.48. The fraction of sp³-hybridized carbons (Fsp3) is 0.143. The van der Waals surface area contributed by atoms with Gasteiger partial charge in [0.2, 0.25) is 0 Å². The Morgan fingerprint density at radius 2 is 1.54 bits per heavy atom. The predicted molar refractivity (Wildman–Crippen MR) is 44.6 cm³/mol. The van der Waals surface area contributed by atoms with Crippen LogP contribution in [0.15, 0.2) is 29.2 Å². The Kier molecular flexibility index (Phi) is 6.37. The van der Waals surface area contributed by atoms with Crippen LogP contribution in [0.3, 0.4) is 0 Å². The van der Waals surface area contributed by atoms with Gasteiger partial charge >= 0.3 is 0 Å².